The quantitative estimate of drug-likeness (QED) is 0.802. The van der Waals surface area contributed by atoms with E-state index < -0.39 is 10.0 Å². The van der Waals surface area contributed by atoms with Gasteiger partial charge in [-0.05, 0) is 30.7 Å². The van der Waals surface area contributed by atoms with Gasteiger partial charge in [0.25, 0.3) is 0 Å². The number of aryl methyl sites for hydroxylation is 1. The van der Waals surface area contributed by atoms with Crippen molar-refractivity contribution in [2.24, 2.45) is 0 Å². The van der Waals surface area contributed by atoms with Crippen LogP contribution in [0.2, 0.25) is 5.02 Å². The van der Waals surface area contributed by atoms with Crippen LogP contribution in [0, 0.1) is 6.92 Å². The van der Waals surface area contributed by atoms with E-state index in [9.17, 15) is 13.2 Å². The number of anilines is 1. The highest BCUT2D eigenvalue weighted by Gasteiger charge is 2.18. The van der Waals surface area contributed by atoms with E-state index in [1.54, 1.807) is 18.2 Å². The maximum Gasteiger partial charge on any atom is 0.232 e. The summed E-state index contributed by atoms with van der Waals surface area (Å²) in [5, 5.41) is 3.35. The molecule has 0 fully saturated rings. The Morgan fingerprint density at radius 2 is 1.76 bits per heavy atom. The van der Waals surface area contributed by atoms with Crippen molar-refractivity contribution in [3.05, 3.63) is 64.7 Å². The second-order valence-corrected chi connectivity index (χ2v) is 8.10. The number of sulfonamides is 1. The molecule has 7 heteroatoms. The van der Waals surface area contributed by atoms with Crippen molar-refractivity contribution in [2.45, 2.75) is 19.9 Å². The highest BCUT2D eigenvalue weighted by Crippen LogP contribution is 2.18. The first-order valence-electron chi connectivity index (χ1n) is 7.82. The van der Waals surface area contributed by atoms with Gasteiger partial charge in [0.05, 0.1) is 11.9 Å². The molecule has 0 aliphatic heterocycles. The first-order valence-corrected chi connectivity index (χ1v) is 10.0. The molecule has 0 aliphatic rings. The minimum Gasteiger partial charge on any atom is -0.352 e. The van der Waals surface area contributed by atoms with Crippen LogP contribution >= 0.6 is 11.6 Å². The summed E-state index contributed by atoms with van der Waals surface area (Å²) in [6.45, 7) is 2.31. The number of nitrogens with zero attached hydrogens (tertiary/aromatic N) is 1. The number of halogens is 1. The number of hydrogen-bond donors (Lipinski definition) is 1. The molecule has 0 unspecified atom stereocenters. The zero-order chi connectivity index (χ0) is 18.4. The molecule has 25 heavy (non-hydrogen) atoms. The Morgan fingerprint density at radius 3 is 2.36 bits per heavy atom. The molecule has 0 spiro atoms. The van der Waals surface area contributed by atoms with Crippen molar-refractivity contribution < 1.29 is 13.2 Å². The monoisotopic (exact) mass is 380 g/mol. The summed E-state index contributed by atoms with van der Waals surface area (Å²) in [4.78, 5) is 12.1. The summed E-state index contributed by atoms with van der Waals surface area (Å²) in [7, 11) is -3.47. The Kier molecular flexibility index (Phi) is 6.45. The minimum atomic E-state index is -3.47. The average molecular weight is 381 g/mol. The van der Waals surface area contributed by atoms with Crippen LogP contribution in [0.15, 0.2) is 48.5 Å². The molecule has 2 aromatic rings. The number of carbonyl (C=O) groups is 1. The van der Waals surface area contributed by atoms with Gasteiger partial charge >= 0.3 is 0 Å². The van der Waals surface area contributed by atoms with Crippen molar-refractivity contribution in [2.75, 3.05) is 17.1 Å². The predicted molar refractivity (Wildman–Crippen MR) is 101 cm³/mol. The third-order valence-electron chi connectivity index (χ3n) is 3.70. The van der Waals surface area contributed by atoms with Gasteiger partial charge in [0.1, 0.15) is 0 Å². The molecule has 0 saturated heterocycles. The van der Waals surface area contributed by atoms with E-state index >= 15 is 0 Å². The van der Waals surface area contributed by atoms with Gasteiger partial charge in [0.2, 0.25) is 15.9 Å². The van der Waals surface area contributed by atoms with Crippen molar-refractivity contribution in [1.29, 1.82) is 0 Å². The molecule has 2 rings (SSSR count). The van der Waals surface area contributed by atoms with Gasteiger partial charge in [-0.25, -0.2) is 8.42 Å². The maximum absolute atomic E-state index is 12.1. The smallest absolute Gasteiger partial charge is 0.232 e. The Morgan fingerprint density at radius 1 is 1.12 bits per heavy atom. The van der Waals surface area contributed by atoms with Crippen LogP contribution in [0.4, 0.5) is 5.69 Å². The van der Waals surface area contributed by atoms with Crippen molar-refractivity contribution in [1.82, 2.24) is 5.32 Å². The molecule has 0 saturated carbocycles. The molecule has 0 radical (unpaired) electrons. The molecule has 0 aromatic heterocycles. The van der Waals surface area contributed by atoms with E-state index in [1.165, 1.54) is 4.31 Å². The summed E-state index contributed by atoms with van der Waals surface area (Å²) in [6, 6.07) is 14.4. The fraction of sp³-hybridized carbons (Fsp3) is 0.278. The standard InChI is InChI=1S/C18H21ClN2O3S/c1-14-7-9-16(10-8-14)21(25(2,23)24)12-11-18(22)20-13-15-5-3-4-6-17(15)19/h3-10H,11-13H2,1-2H3,(H,20,22). The Hall–Kier alpha value is -2.05. The lowest BCUT2D eigenvalue weighted by molar-refractivity contribution is -0.121. The Labute approximate surface area is 153 Å². The van der Waals surface area contributed by atoms with E-state index in [1.807, 2.05) is 37.3 Å². The molecule has 134 valence electrons. The number of hydrogen-bond acceptors (Lipinski definition) is 3. The lowest BCUT2D eigenvalue weighted by Gasteiger charge is -2.22. The predicted octanol–water partition coefficient (Wildman–Crippen LogP) is 3.12. The van der Waals surface area contributed by atoms with Crippen LogP contribution in [0.5, 0.6) is 0 Å². The fourth-order valence-corrected chi connectivity index (χ4v) is 3.45. The third kappa shape index (κ3) is 5.76. The summed E-state index contributed by atoms with van der Waals surface area (Å²) in [5.74, 6) is -0.235. The van der Waals surface area contributed by atoms with Gasteiger partial charge in [-0.2, -0.15) is 0 Å². The van der Waals surface area contributed by atoms with Crippen molar-refractivity contribution >= 4 is 33.2 Å². The van der Waals surface area contributed by atoms with E-state index in [0.29, 0.717) is 17.3 Å². The SMILES string of the molecule is Cc1ccc(N(CCC(=O)NCc2ccccc2Cl)S(C)(=O)=O)cc1. The fourth-order valence-electron chi connectivity index (χ4n) is 2.32. The van der Waals surface area contributed by atoms with Crippen LogP contribution in [-0.4, -0.2) is 27.1 Å². The minimum absolute atomic E-state index is 0.0609. The number of carbonyl (C=O) groups excluding carboxylic acids is 1. The molecule has 0 bridgehead atoms. The number of amides is 1. The Bertz CT molecular complexity index is 836. The van der Waals surface area contributed by atoms with Crippen molar-refractivity contribution in [3.63, 3.8) is 0 Å². The number of benzene rings is 2. The zero-order valence-electron chi connectivity index (χ0n) is 14.2. The van der Waals surface area contributed by atoms with Gasteiger partial charge < -0.3 is 5.32 Å². The molecule has 0 heterocycles. The molecule has 0 atom stereocenters. The van der Waals surface area contributed by atoms with E-state index in [4.69, 9.17) is 11.6 Å². The second kappa shape index (κ2) is 8.36. The first-order chi connectivity index (χ1) is 11.8. The molecule has 2 aromatic carbocycles. The van der Waals surface area contributed by atoms with Crippen LogP contribution in [0.3, 0.4) is 0 Å². The van der Waals surface area contributed by atoms with Gasteiger partial charge in [-0.15, -0.1) is 0 Å². The Balaban J connectivity index is 1.97. The molecule has 1 N–H and O–H groups in total. The van der Waals surface area contributed by atoms with E-state index in [2.05, 4.69) is 5.32 Å². The van der Waals surface area contributed by atoms with Crippen LogP contribution in [-0.2, 0) is 21.4 Å². The van der Waals surface area contributed by atoms with Crippen LogP contribution in [0.1, 0.15) is 17.5 Å². The third-order valence-corrected chi connectivity index (χ3v) is 5.26. The summed E-state index contributed by atoms with van der Waals surface area (Å²) in [6.07, 6.45) is 1.19. The summed E-state index contributed by atoms with van der Waals surface area (Å²) >= 11 is 6.05. The van der Waals surface area contributed by atoms with Gasteiger partial charge in [-0.3, -0.25) is 9.10 Å². The molecular weight excluding hydrogens is 360 g/mol. The molecule has 1 amide bonds. The molecule has 5 nitrogen and oxygen atoms in total. The molecule has 0 aliphatic carbocycles. The first kappa shape index (κ1) is 19.3. The van der Waals surface area contributed by atoms with Gasteiger partial charge in [0.15, 0.2) is 0 Å². The lowest BCUT2D eigenvalue weighted by Crippen LogP contribution is -2.34. The normalized spacial score (nSPS) is 11.2. The lowest BCUT2D eigenvalue weighted by atomic mass is 10.2. The van der Waals surface area contributed by atoms with Gasteiger partial charge in [-0.1, -0.05) is 47.5 Å². The van der Waals surface area contributed by atoms with Crippen LogP contribution in [0.25, 0.3) is 0 Å². The van der Waals surface area contributed by atoms with Gasteiger partial charge in [0, 0.05) is 24.5 Å². The topological polar surface area (TPSA) is 66.5 Å². The highest BCUT2D eigenvalue weighted by atomic mass is 35.5. The summed E-state index contributed by atoms with van der Waals surface area (Å²) < 4.78 is 25.3. The van der Waals surface area contributed by atoms with E-state index in [0.717, 1.165) is 17.4 Å². The average Bonchev–Trinajstić information content (AvgIpc) is 2.55. The zero-order valence-corrected chi connectivity index (χ0v) is 15.8. The molecular formula is C18H21ClN2O3S. The maximum atomic E-state index is 12.1. The number of nitrogens with one attached hydrogen (secondary N) is 1. The largest absolute Gasteiger partial charge is 0.352 e. The van der Waals surface area contributed by atoms with Crippen LogP contribution < -0.4 is 9.62 Å². The van der Waals surface area contributed by atoms with Crippen molar-refractivity contribution in [3.8, 4) is 0 Å². The second-order valence-electron chi connectivity index (χ2n) is 5.79. The summed E-state index contributed by atoms with van der Waals surface area (Å²) in [5.41, 5.74) is 2.40. The van der Waals surface area contributed by atoms with E-state index in [-0.39, 0.29) is 18.9 Å². The number of rotatable bonds is 7. The highest BCUT2D eigenvalue weighted by molar-refractivity contribution is 7.92.